The van der Waals surface area contributed by atoms with Crippen LogP contribution in [0.15, 0.2) is 15.5 Å². The molecule has 0 aliphatic rings. The third kappa shape index (κ3) is 1.46. The first-order valence-electron chi connectivity index (χ1n) is 2.52. The van der Waals surface area contributed by atoms with Crippen LogP contribution in [0, 0.1) is 0 Å². The predicted molar refractivity (Wildman–Crippen MR) is 43.9 cm³/mol. The zero-order chi connectivity index (χ0) is 7.72. The van der Waals surface area contributed by atoms with Gasteiger partial charge in [-0.05, 0) is 31.9 Å². The first kappa shape index (κ1) is 7.94. The van der Waals surface area contributed by atoms with Crippen LogP contribution in [-0.2, 0) is 0 Å². The molecule has 0 saturated heterocycles. The number of aromatic nitrogens is 2. The van der Waals surface area contributed by atoms with Crippen molar-refractivity contribution in [1.82, 2.24) is 9.55 Å². The van der Waals surface area contributed by atoms with Gasteiger partial charge in [0.2, 0.25) is 5.91 Å². The van der Waals surface area contributed by atoms with Crippen molar-refractivity contribution in [2.75, 3.05) is 0 Å². The summed E-state index contributed by atoms with van der Waals surface area (Å²) in [6, 6.07) is 0. The summed E-state index contributed by atoms with van der Waals surface area (Å²) in [6.07, 6.45) is 1.60. The molecule has 0 radical (unpaired) electrons. The van der Waals surface area contributed by atoms with Crippen LogP contribution in [0.3, 0.4) is 0 Å². The molecule has 0 N–H and O–H groups in total. The normalized spacial score (nSPS) is 9.90. The number of nitrogens with zero attached hydrogens (tertiary/aromatic N) is 2. The summed E-state index contributed by atoms with van der Waals surface area (Å²) in [7, 11) is 0. The number of halogens is 2. The van der Waals surface area contributed by atoms with E-state index in [-0.39, 0.29) is 5.91 Å². The van der Waals surface area contributed by atoms with Crippen LogP contribution in [0.4, 0.5) is 0 Å². The van der Waals surface area contributed by atoms with Gasteiger partial charge in [-0.2, -0.15) is 0 Å². The number of hydrogen-bond donors (Lipinski definition) is 0. The van der Waals surface area contributed by atoms with Crippen molar-refractivity contribution < 1.29 is 4.79 Å². The van der Waals surface area contributed by atoms with E-state index < -0.39 is 0 Å². The molecule has 0 bridgehead atoms. The molecule has 5 heteroatoms. The van der Waals surface area contributed by atoms with Crippen LogP contribution in [0.2, 0.25) is 0 Å². The maximum Gasteiger partial charge on any atom is 0.229 e. The molecular weight excluding hydrogens is 264 g/mol. The van der Waals surface area contributed by atoms with Crippen molar-refractivity contribution in [1.29, 1.82) is 0 Å². The number of carbonyl (C=O) groups is 1. The molecule has 1 rings (SSSR count). The second kappa shape index (κ2) is 2.84. The van der Waals surface area contributed by atoms with Gasteiger partial charge in [-0.1, -0.05) is 0 Å². The summed E-state index contributed by atoms with van der Waals surface area (Å²) in [5.74, 6) is -0.0647. The zero-order valence-electron chi connectivity index (χ0n) is 5.14. The number of hydrogen-bond acceptors (Lipinski definition) is 2. The monoisotopic (exact) mass is 266 g/mol. The molecule has 54 valence electrons. The van der Waals surface area contributed by atoms with Crippen molar-refractivity contribution in [3.63, 3.8) is 0 Å². The third-order valence-electron chi connectivity index (χ3n) is 0.973. The molecule has 0 amide bonds. The highest BCUT2D eigenvalue weighted by atomic mass is 79.9. The minimum absolute atomic E-state index is 0.0647. The fraction of sp³-hybridized carbons (Fsp3) is 0.200. The Labute approximate surface area is 74.7 Å². The average molecular weight is 268 g/mol. The Bertz CT molecular complexity index is 269. The van der Waals surface area contributed by atoms with E-state index in [9.17, 15) is 4.79 Å². The fourth-order valence-corrected chi connectivity index (χ4v) is 1.71. The first-order valence-corrected chi connectivity index (χ1v) is 4.11. The lowest BCUT2D eigenvalue weighted by atomic mass is 10.7. The van der Waals surface area contributed by atoms with Crippen LogP contribution in [0.5, 0.6) is 0 Å². The molecule has 0 unspecified atom stereocenters. The minimum atomic E-state index is -0.0647. The van der Waals surface area contributed by atoms with E-state index in [0.29, 0.717) is 9.34 Å². The lowest BCUT2D eigenvalue weighted by Gasteiger charge is -1.92. The smallest absolute Gasteiger partial charge is 0.229 e. The van der Waals surface area contributed by atoms with E-state index in [0.717, 1.165) is 0 Å². The Hall–Kier alpha value is -0.160. The fourth-order valence-electron chi connectivity index (χ4n) is 0.551. The zero-order valence-corrected chi connectivity index (χ0v) is 8.31. The molecule has 1 aromatic heterocycles. The minimum Gasteiger partial charge on any atom is -0.274 e. The van der Waals surface area contributed by atoms with Crippen molar-refractivity contribution in [3.05, 3.63) is 15.5 Å². The van der Waals surface area contributed by atoms with Crippen LogP contribution < -0.4 is 0 Å². The molecule has 10 heavy (non-hydrogen) atoms. The van der Waals surface area contributed by atoms with Crippen LogP contribution >= 0.6 is 31.9 Å². The lowest BCUT2D eigenvalue weighted by Crippen LogP contribution is -2.03. The van der Waals surface area contributed by atoms with E-state index in [2.05, 4.69) is 36.8 Å². The molecule has 0 aliphatic carbocycles. The number of rotatable bonds is 0. The van der Waals surface area contributed by atoms with Crippen LogP contribution in [-0.4, -0.2) is 15.5 Å². The van der Waals surface area contributed by atoms with Crippen molar-refractivity contribution in [2.24, 2.45) is 0 Å². The molecule has 1 aromatic rings. The summed E-state index contributed by atoms with van der Waals surface area (Å²) < 4.78 is 2.57. The van der Waals surface area contributed by atoms with Gasteiger partial charge in [0.05, 0.1) is 0 Å². The molecule has 0 saturated carbocycles. The van der Waals surface area contributed by atoms with Gasteiger partial charge in [-0.3, -0.25) is 9.36 Å². The van der Waals surface area contributed by atoms with Crippen molar-refractivity contribution in [2.45, 2.75) is 6.92 Å². The van der Waals surface area contributed by atoms with Crippen molar-refractivity contribution >= 4 is 37.8 Å². The topological polar surface area (TPSA) is 34.9 Å². The van der Waals surface area contributed by atoms with E-state index >= 15 is 0 Å². The Morgan fingerprint density at radius 2 is 2.30 bits per heavy atom. The lowest BCUT2D eigenvalue weighted by molar-refractivity contribution is 0.0933. The van der Waals surface area contributed by atoms with Gasteiger partial charge >= 0.3 is 0 Å². The van der Waals surface area contributed by atoms with Gasteiger partial charge < -0.3 is 0 Å². The van der Waals surface area contributed by atoms with E-state index in [4.69, 9.17) is 0 Å². The Morgan fingerprint density at radius 3 is 2.50 bits per heavy atom. The molecule has 0 spiro atoms. The maximum atomic E-state index is 10.8. The Kier molecular flexibility index (Phi) is 2.25. The largest absolute Gasteiger partial charge is 0.274 e. The highest BCUT2D eigenvalue weighted by Crippen LogP contribution is 2.14. The second-order valence-corrected chi connectivity index (χ2v) is 3.24. The average Bonchev–Trinajstić information content (AvgIpc) is 2.10. The van der Waals surface area contributed by atoms with Gasteiger partial charge in [0.1, 0.15) is 4.60 Å². The molecule has 0 fully saturated rings. The summed E-state index contributed by atoms with van der Waals surface area (Å²) in [4.78, 5) is 14.7. The molecule has 3 nitrogen and oxygen atoms in total. The molecule has 0 aliphatic heterocycles. The Morgan fingerprint density at radius 1 is 1.70 bits per heavy atom. The number of carbonyl (C=O) groups excluding carboxylic acids is 1. The van der Waals surface area contributed by atoms with Crippen LogP contribution in [0.1, 0.15) is 11.7 Å². The van der Waals surface area contributed by atoms with Gasteiger partial charge in [0, 0.05) is 13.1 Å². The standard InChI is InChI=1S/C5H4Br2N2O/c1-3(10)9-2-4(6)8-5(9)7/h2H,1H3. The quantitative estimate of drug-likeness (QED) is 0.721. The van der Waals surface area contributed by atoms with Crippen molar-refractivity contribution in [3.8, 4) is 0 Å². The second-order valence-electron chi connectivity index (χ2n) is 1.72. The van der Waals surface area contributed by atoms with Gasteiger partial charge in [-0.25, -0.2) is 4.98 Å². The van der Waals surface area contributed by atoms with Gasteiger partial charge in [-0.15, -0.1) is 0 Å². The highest BCUT2D eigenvalue weighted by molar-refractivity contribution is 9.11. The SMILES string of the molecule is CC(=O)n1cc(Br)nc1Br. The third-order valence-corrected chi connectivity index (χ3v) is 1.91. The highest BCUT2D eigenvalue weighted by Gasteiger charge is 2.05. The predicted octanol–water partition coefficient (Wildman–Crippen LogP) is 2.07. The maximum absolute atomic E-state index is 10.8. The summed E-state index contributed by atoms with van der Waals surface area (Å²) in [6.45, 7) is 1.47. The van der Waals surface area contributed by atoms with Gasteiger partial charge in [0.15, 0.2) is 4.73 Å². The molecule has 0 atom stereocenters. The Balaban J connectivity index is 3.15. The molecule has 1 heterocycles. The summed E-state index contributed by atoms with van der Waals surface area (Å²) >= 11 is 6.26. The summed E-state index contributed by atoms with van der Waals surface area (Å²) in [5, 5.41) is 0. The molecular formula is C5H4Br2N2O. The van der Waals surface area contributed by atoms with Crippen LogP contribution in [0.25, 0.3) is 0 Å². The first-order chi connectivity index (χ1) is 4.61. The van der Waals surface area contributed by atoms with E-state index in [1.165, 1.54) is 11.5 Å². The van der Waals surface area contributed by atoms with E-state index in [1.54, 1.807) is 6.20 Å². The van der Waals surface area contributed by atoms with E-state index in [1.807, 2.05) is 0 Å². The van der Waals surface area contributed by atoms with Gasteiger partial charge in [0.25, 0.3) is 0 Å². The summed E-state index contributed by atoms with van der Waals surface area (Å²) in [5.41, 5.74) is 0. The molecule has 0 aromatic carbocycles. The number of imidazole rings is 1.